The third kappa shape index (κ3) is 5.44. The smallest absolute Gasteiger partial charge is 0.255 e. The summed E-state index contributed by atoms with van der Waals surface area (Å²) in [5.74, 6) is 1.90. The Kier molecular flexibility index (Phi) is 6.66. The van der Waals surface area contributed by atoms with Crippen molar-refractivity contribution in [2.24, 2.45) is 0 Å². The number of nitrogens with zero attached hydrogens (tertiary/aromatic N) is 6. The van der Waals surface area contributed by atoms with Gasteiger partial charge in [0.1, 0.15) is 11.6 Å². The van der Waals surface area contributed by atoms with Crippen molar-refractivity contribution in [2.75, 3.05) is 48.8 Å². The number of piperazine rings is 1. The van der Waals surface area contributed by atoms with Crippen molar-refractivity contribution >= 4 is 29.3 Å². The number of hydrogen-bond donors (Lipinski definition) is 2. The number of para-hydroxylation sites is 1. The SMILES string of the molecule is C=CCc1nc(Nc2cc(C(=O)Nc3ccccc3)ccn2)nc(N2CCN(C)CC2)n1. The van der Waals surface area contributed by atoms with Crippen LogP contribution in [-0.2, 0) is 6.42 Å². The van der Waals surface area contributed by atoms with Crippen LogP contribution >= 0.6 is 0 Å². The van der Waals surface area contributed by atoms with E-state index < -0.39 is 0 Å². The number of allylic oxidation sites excluding steroid dienone is 1. The number of amides is 1. The predicted molar refractivity (Wildman–Crippen MR) is 125 cm³/mol. The number of aromatic nitrogens is 4. The summed E-state index contributed by atoms with van der Waals surface area (Å²) in [4.78, 5) is 35.0. The normalized spacial score (nSPS) is 14.1. The first-order chi connectivity index (χ1) is 15.6. The number of anilines is 4. The van der Waals surface area contributed by atoms with Gasteiger partial charge in [-0.3, -0.25) is 4.79 Å². The number of hydrogen-bond acceptors (Lipinski definition) is 8. The van der Waals surface area contributed by atoms with Crippen LogP contribution in [0.3, 0.4) is 0 Å². The van der Waals surface area contributed by atoms with Crippen LogP contribution in [0.1, 0.15) is 16.2 Å². The molecule has 1 aliphatic heterocycles. The van der Waals surface area contributed by atoms with Crippen LogP contribution in [0.15, 0.2) is 61.3 Å². The van der Waals surface area contributed by atoms with E-state index in [-0.39, 0.29) is 5.91 Å². The van der Waals surface area contributed by atoms with Gasteiger partial charge in [-0.2, -0.15) is 15.0 Å². The van der Waals surface area contributed by atoms with Gasteiger partial charge in [0.25, 0.3) is 5.91 Å². The quantitative estimate of drug-likeness (QED) is 0.552. The Morgan fingerprint density at radius 1 is 1.09 bits per heavy atom. The Morgan fingerprint density at radius 2 is 1.88 bits per heavy atom. The van der Waals surface area contributed by atoms with Gasteiger partial charge in [-0.15, -0.1) is 6.58 Å². The summed E-state index contributed by atoms with van der Waals surface area (Å²) < 4.78 is 0. The summed E-state index contributed by atoms with van der Waals surface area (Å²) in [6, 6.07) is 12.6. The molecule has 0 radical (unpaired) electrons. The van der Waals surface area contributed by atoms with Crippen LogP contribution in [0.4, 0.5) is 23.4 Å². The number of benzene rings is 1. The lowest BCUT2D eigenvalue weighted by atomic mass is 10.2. The molecular weight excluding hydrogens is 404 g/mol. The van der Waals surface area contributed by atoms with Gasteiger partial charge in [-0.1, -0.05) is 24.3 Å². The number of rotatable bonds is 7. The highest BCUT2D eigenvalue weighted by Crippen LogP contribution is 2.18. The zero-order chi connectivity index (χ0) is 22.3. The van der Waals surface area contributed by atoms with E-state index in [2.05, 4.69) is 54.0 Å². The van der Waals surface area contributed by atoms with E-state index in [4.69, 9.17) is 0 Å². The molecule has 1 amide bonds. The maximum Gasteiger partial charge on any atom is 0.255 e. The maximum atomic E-state index is 12.6. The second kappa shape index (κ2) is 9.97. The summed E-state index contributed by atoms with van der Waals surface area (Å²) in [6.45, 7) is 7.38. The molecule has 0 atom stereocenters. The molecule has 1 aliphatic rings. The highest BCUT2D eigenvalue weighted by atomic mass is 16.1. The zero-order valence-electron chi connectivity index (χ0n) is 18.0. The Bertz CT molecular complexity index is 1080. The van der Waals surface area contributed by atoms with E-state index in [0.717, 1.165) is 31.9 Å². The molecule has 9 nitrogen and oxygen atoms in total. The average molecular weight is 431 g/mol. The lowest BCUT2D eigenvalue weighted by Crippen LogP contribution is -2.45. The molecule has 0 aliphatic carbocycles. The van der Waals surface area contributed by atoms with E-state index in [1.807, 2.05) is 30.3 Å². The fraction of sp³-hybridized carbons (Fsp3) is 0.261. The van der Waals surface area contributed by atoms with Crippen LogP contribution < -0.4 is 15.5 Å². The van der Waals surface area contributed by atoms with E-state index >= 15 is 0 Å². The lowest BCUT2D eigenvalue weighted by Gasteiger charge is -2.32. The van der Waals surface area contributed by atoms with Crippen molar-refractivity contribution < 1.29 is 4.79 Å². The maximum absolute atomic E-state index is 12.6. The highest BCUT2D eigenvalue weighted by Gasteiger charge is 2.18. The molecule has 0 saturated carbocycles. The second-order valence-corrected chi connectivity index (χ2v) is 7.53. The monoisotopic (exact) mass is 430 g/mol. The second-order valence-electron chi connectivity index (χ2n) is 7.53. The summed E-state index contributed by atoms with van der Waals surface area (Å²) in [5.41, 5.74) is 1.21. The molecule has 3 aromatic rings. The van der Waals surface area contributed by atoms with Gasteiger partial charge in [0.05, 0.1) is 0 Å². The first-order valence-electron chi connectivity index (χ1n) is 10.5. The minimum Gasteiger partial charge on any atom is -0.338 e. The standard InChI is InChI=1S/C23H26N8O/c1-3-7-19-26-22(29-23(28-19)31-14-12-30(2)13-15-31)27-20-16-17(10-11-24-20)21(32)25-18-8-5-4-6-9-18/h3-6,8-11,16H,1,7,12-15H2,2H3,(H,25,32)(H,24,26,27,28,29). The molecule has 4 rings (SSSR count). The van der Waals surface area contributed by atoms with Gasteiger partial charge in [0.2, 0.25) is 11.9 Å². The van der Waals surface area contributed by atoms with Gasteiger partial charge in [-0.25, -0.2) is 4.98 Å². The predicted octanol–water partition coefficient (Wildman–Crippen LogP) is 2.74. The van der Waals surface area contributed by atoms with Crippen molar-refractivity contribution in [3.05, 3.63) is 72.7 Å². The van der Waals surface area contributed by atoms with Gasteiger partial charge in [0.15, 0.2) is 0 Å². The minimum atomic E-state index is -0.220. The summed E-state index contributed by atoms with van der Waals surface area (Å²) in [7, 11) is 2.10. The van der Waals surface area contributed by atoms with Crippen molar-refractivity contribution in [3.63, 3.8) is 0 Å². The lowest BCUT2D eigenvalue weighted by molar-refractivity contribution is 0.102. The van der Waals surface area contributed by atoms with Gasteiger partial charge in [-0.05, 0) is 31.3 Å². The van der Waals surface area contributed by atoms with E-state index in [1.54, 1.807) is 24.4 Å². The van der Waals surface area contributed by atoms with E-state index in [9.17, 15) is 4.79 Å². The molecule has 3 heterocycles. The molecule has 2 aromatic heterocycles. The van der Waals surface area contributed by atoms with Crippen LogP contribution in [0.25, 0.3) is 0 Å². The molecule has 9 heteroatoms. The van der Waals surface area contributed by atoms with Crippen molar-refractivity contribution in [1.82, 2.24) is 24.8 Å². The van der Waals surface area contributed by atoms with Gasteiger partial charge in [0, 0.05) is 50.0 Å². The van der Waals surface area contributed by atoms with Crippen LogP contribution in [0.5, 0.6) is 0 Å². The molecule has 0 unspecified atom stereocenters. The van der Waals surface area contributed by atoms with Crippen molar-refractivity contribution in [3.8, 4) is 0 Å². The Balaban J connectivity index is 1.53. The molecule has 164 valence electrons. The third-order valence-corrected chi connectivity index (χ3v) is 5.08. The number of likely N-dealkylation sites (N-methyl/N-ethyl adjacent to an activating group) is 1. The molecule has 32 heavy (non-hydrogen) atoms. The largest absolute Gasteiger partial charge is 0.338 e. The summed E-state index contributed by atoms with van der Waals surface area (Å²) >= 11 is 0. The van der Waals surface area contributed by atoms with Crippen molar-refractivity contribution in [2.45, 2.75) is 6.42 Å². The Morgan fingerprint density at radius 3 is 2.62 bits per heavy atom. The zero-order valence-corrected chi connectivity index (χ0v) is 18.0. The Labute approximate surface area is 187 Å². The number of carbonyl (C=O) groups is 1. The molecule has 0 spiro atoms. The van der Waals surface area contributed by atoms with E-state index in [1.165, 1.54) is 0 Å². The molecule has 1 saturated heterocycles. The first kappa shape index (κ1) is 21.4. The van der Waals surface area contributed by atoms with Crippen LogP contribution in [0.2, 0.25) is 0 Å². The fourth-order valence-electron chi connectivity index (χ4n) is 3.31. The molecule has 1 aromatic carbocycles. The fourth-order valence-corrected chi connectivity index (χ4v) is 3.31. The molecule has 0 bridgehead atoms. The summed E-state index contributed by atoms with van der Waals surface area (Å²) in [5, 5.41) is 6.00. The first-order valence-corrected chi connectivity index (χ1v) is 10.5. The minimum absolute atomic E-state index is 0.220. The molecular formula is C23H26N8O. The Hall–Kier alpha value is -3.85. The topological polar surface area (TPSA) is 99.2 Å². The number of pyridine rings is 1. The third-order valence-electron chi connectivity index (χ3n) is 5.08. The van der Waals surface area contributed by atoms with Crippen LogP contribution in [0, 0.1) is 0 Å². The highest BCUT2D eigenvalue weighted by molar-refractivity contribution is 6.04. The van der Waals surface area contributed by atoms with Crippen LogP contribution in [-0.4, -0.2) is 64.0 Å². The van der Waals surface area contributed by atoms with Gasteiger partial charge >= 0.3 is 0 Å². The van der Waals surface area contributed by atoms with Crippen molar-refractivity contribution in [1.29, 1.82) is 0 Å². The number of nitrogens with one attached hydrogen (secondary N) is 2. The molecule has 2 N–H and O–H groups in total. The average Bonchev–Trinajstić information content (AvgIpc) is 2.80. The van der Waals surface area contributed by atoms with E-state index in [0.29, 0.717) is 35.5 Å². The molecule has 1 fully saturated rings. The summed E-state index contributed by atoms with van der Waals surface area (Å²) in [6.07, 6.45) is 3.88. The van der Waals surface area contributed by atoms with Gasteiger partial charge < -0.3 is 20.4 Å². The number of carbonyl (C=O) groups excluding carboxylic acids is 1.